The highest BCUT2D eigenvalue weighted by Crippen LogP contribution is 2.14. The molecule has 0 aliphatic carbocycles. The van der Waals surface area contributed by atoms with E-state index in [1.807, 2.05) is 26.0 Å². The number of hydrogen-bond donors (Lipinski definition) is 1. The van der Waals surface area contributed by atoms with Gasteiger partial charge in [-0.05, 0) is 31.3 Å². The van der Waals surface area contributed by atoms with E-state index < -0.39 is 9.71 Å². The van der Waals surface area contributed by atoms with Crippen molar-refractivity contribution in [2.24, 2.45) is 5.14 Å². The van der Waals surface area contributed by atoms with Gasteiger partial charge in [0.1, 0.15) is 0 Å². The van der Waals surface area contributed by atoms with E-state index in [1.165, 1.54) is 0 Å². The Kier molecular flexibility index (Phi) is 2.26. The van der Waals surface area contributed by atoms with Crippen LogP contribution in [0.25, 0.3) is 0 Å². The molecule has 0 amide bonds. The molecule has 66 valence electrons. The highest BCUT2D eigenvalue weighted by Gasteiger charge is 2.04. The zero-order valence-electron chi connectivity index (χ0n) is 7.33. The molecular formula is C9H13NOS. The molecule has 0 saturated carbocycles. The topological polar surface area (TPSA) is 43.1 Å². The minimum atomic E-state index is -2.55. The van der Waals surface area contributed by atoms with E-state index in [0.29, 0.717) is 4.90 Å². The van der Waals surface area contributed by atoms with Gasteiger partial charge in [0.05, 0.1) is 9.71 Å². The lowest BCUT2D eigenvalue weighted by Gasteiger charge is -2.06. The highest BCUT2D eigenvalue weighted by molar-refractivity contribution is 7.98. The van der Waals surface area contributed by atoms with E-state index in [4.69, 9.17) is 5.14 Å². The lowest BCUT2D eigenvalue weighted by molar-refractivity contribution is 0.682. The summed E-state index contributed by atoms with van der Waals surface area (Å²) in [5, 5.41) is 5.42. The van der Waals surface area contributed by atoms with Crippen LogP contribution in [0, 0.1) is 13.8 Å². The van der Waals surface area contributed by atoms with Gasteiger partial charge in [-0.1, -0.05) is 17.7 Å². The second-order valence-electron chi connectivity index (χ2n) is 3.00. The third-order valence-electron chi connectivity index (χ3n) is 1.70. The molecule has 0 spiro atoms. The fourth-order valence-electron chi connectivity index (χ4n) is 1.19. The third-order valence-corrected chi connectivity index (χ3v) is 2.91. The van der Waals surface area contributed by atoms with Crippen LogP contribution < -0.4 is 5.14 Å². The Bertz CT molecular complexity index is 393. The fraction of sp³-hybridized carbons (Fsp3) is 0.222. The first-order valence-corrected chi connectivity index (χ1v) is 5.42. The first kappa shape index (κ1) is 9.29. The van der Waals surface area contributed by atoms with Crippen molar-refractivity contribution in [3.8, 4) is 0 Å². The Morgan fingerprint density at radius 3 is 2.42 bits per heavy atom. The summed E-state index contributed by atoms with van der Waals surface area (Å²) in [5.41, 5.74) is 2.08. The number of nitrogens with two attached hydrogens (primary N) is 1. The summed E-state index contributed by atoms with van der Waals surface area (Å²) in [6.45, 7) is 3.87. The zero-order chi connectivity index (χ0) is 9.35. The maximum Gasteiger partial charge on any atom is 0.0510 e. The molecule has 2 N–H and O–H groups in total. The lowest BCUT2D eigenvalue weighted by Crippen LogP contribution is -2.13. The molecule has 12 heavy (non-hydrogen) atoms. The molecule has 0 heterocycles. The molecule has 0 saturated heterocycles. The van der Waals surface area contributed by atoms with Crippen molar-refractivity contribution < 1.29 is 4.21 Å². The van der Waals surface area contributed by atoms with Crippen molar-refractivity contribution in [3.63, 3.8) is 0 Å². The van der Waals surface area contributed by atoms with E-state index in [2.05, 4.69) is 5.87 Å². The lowest BCUT2D eigenvalue weighted by atomic mass is 10.2. The van der Waals surface area contributed by atoms with Crippen molar-refractivity contribution in [1.29, 1.82) is 0 Å². The average molecular weight is 183 g/mol. The van der Waals surface area contributed by atoms with Gasteiger partial charge in [0, 0.05) is 4.90 Å². The summed E-state index contributed by atoms with van der Waals surface area (Å²) in [7, 11) is -2.55. The van der Waals surface area contributed by atoms with Gasteiger partial charge in [0.25, 0.3) is 0 Å². The molecule has 1 atom stereocenters. The van der Waals surface area contributed by atoms with Crippen molar-refractivity contribution in [3.05, 3.63) is 29.3 Å². The Balaban J connectivity index is 3.39. The fourth-order valence-corrected chi connectivity index (χ4v) is 2.09. The van der Waals surface area contributed by atoms with Gasteiger partial charge in [-0.25, -0.2) is 4.21 Å². The summed E-state index contributed by atoms with van der Waals surface area (Å²) in [5.74, 6) is 3.44. The Morgan fingerprint density at radius 1 is 1.42 bits per heavy atom. The van der Waals surface area contributed by atoms with Gasteiger partial charge in [-0.3, -0.25) is 5.14 Å². The molecule has 0 radical (unpaired) electrons. The molecule has 1 aromatic carbocycles. The van der Waals surface area contributed by atoms with Crippen LogP contribution in [0.5, 0.6) is 0 Å². The van der Waals surface area contributed by atoms with E-state index in [-0.39, 0.29) is 0 Å². The van der Waals surface area contributed by atoms with Gasteiger partial charge in [-0.2, -0.15) is 0 Å². The number of hydrogen-bond acceptors (Lipinski definition) is 1. The Morgan fingerprint density at radius 2 is 2.00 bits per heavy atom. The van der Waals surface area contributed by atoms with E-state index in [9.17, 15) is 4.21 Å². The van der Waals surface area contributed by atoms with Crippen LogP contribution in [0.2, 0.25) is 0 Å². The number of benzene rings is 1. The molecular weight excluding hydrogens is 170 g/mol. The van der Waals surface area contributed by atoms with Crippen LogP contribution in [0.4, 0.5) is 0 Å². The van der Waals surface area contributed by atoms with Crippen LogP contribution in [0.15, 0.2) is 23.1 Å². The normalized spacial score (nSPS) is 15.6. The molecule has 0 aliphatic heterocycles. The SMILES string of the molecule is C=S(N)(=O)c1ccc(C)cc1C. The van der Waals surface area contributed by atoms with E-state index >= 15 is 0 Å². The van der Waals surface area contributed by atoms with E-state index in [1.54, 1.807) is 6.07 Å². The summed E-state index contributed by atoms with van der Waals surface area (Å²) < 4.78 is 11.4. The average Bonchev–Trinajstić information content (AvgIpc) is 1.83. The Hall–Kier alpha value is -0.800. The van der Waals surface area contributed by atoms with E-state index in [0.717, 1.165) is 11.1 Å². The quantitative estimate of drug-likeness (QED) is 0.654. The molecule has 0 bridgehead atoms. The smallest absolute Gasteiger partial charge is 0.0510 e. The molecule has 0 aliphatic rings. The van der Waals surface area contributed by atoms with Gasteiger partial charge < -0.3 is 0 Å². The van der Waals surface area contributed by atoms with Crippen LogP contribution in [0.3, 0.4) is 0 Å². The van der Waals surface area contributed by atoms with Gasteiger partial charge >= 0.3 is 0 Å². The minimum absolute atomic E-state index is 0.646. The molecule has 1 aromatic rings. The van der Waals surface area contributed by atoms with Crippen molar-refractivity contribution in [2.45, 2.75) is 18.7 Å². The second-order valence-corrected chi connectivity index (χ2v) is 4.89. The summed E-state index contributed by atoms with van der Waals surface area (Å²) in [6.07, 6.45) is 0. The maximum atomic E-state index is 11.4. The Labute approximate surface area is 73.5 Å². The molecule has 0 aromatic heterocycles. The monoisotopic (exact) mass is 183 g/mol. The summed E-state index contributed by atoms with van der Waals surface area (Å²) in [4.78, 5) is 0.646. The van der Waals surface area contributed by atoms with Crippen LogP contribution >= 0.6 is 0 Å². The predicted molar refractivity (Wildman–Crippen MR) is 53.6 cm³/mol. The van der Waals surface area contributed by atoms with Crippen LogP contribution in [0.1, 0.15) is 11.1 Å². The van der Waals surface area contributed by atoms with Crippen molar-refractivity contribution >= 4 is 15.6 Å². The summed E-state index contributed by atoms with van der Waals surface area (Å²) >= 11 is 0. The van der Waals surface area contributed by atoms with Crippen molar-refractivity contribution in [1.82, 2.24) is 0 Å². The van der Waals surface area contributed by atoms with Gasteiger partial charge in [-0.15, -0.1) is 0 Å². The third kappa shape index (κ3) is 1.87. The zero-order valence-corrected chi connectivity index (χ0v) is 8.15. The molecule has 1 rings (SSSR count). The molecule has 3 heteroatoms. The van der Waals surface area contributed by atoms with Crippen LogP contribution in [-0.2, 0) is 9.71 Å². The van der Waals surface area contributed by atoms with Crippen LogP contribution in [-0.4, -0.2) is 10.1 Å². The first-order valence-electron chi connectivity index (χ1n) is 3.63. The number of rotatable bonds is 1. The summed E-state index contributed by atoms with van der Waals surface area (Å²) in [6, 6.07) is 5.62. The molecule has 0 fully saturated rings. The predicted octanol–water partition coefficient (Wildman–Crippen LogP) is 1.25. The first-order chi connectivity index (χ1) is 5.41. The molecule has 1 unspecified atom stereocenters. The van der Waals surface area contributed by atoms with Crippen molar-refractivity contribution in [2.75, 3.05) is 0 Å². The van der Waals surface area contributed by atoms with Gasteiger partial charge in [0.2, 0.25) is 0 Å². The maximum absolute atomic E-state index is 11.4. The second kappa shape index (κ2) is 2.92. The largest absolute Gasteiger partial charge is 0.256 e. The standard InChI is InChI=1S/C9H13NOS/c1-7-4-5-9(8(2)6-7)12(3,10)11/h4-6H,3H2,1-2H3,(H2,10,11). The number of aryl methyl sites for hydroxylation is 2. The van der Waals surface area contributed by atoms with Gasteiger partial charge in [0.15, 0.2) is 0 Å². The minimum Gasteiger partial charge on any atom is -0.256 e. The highest BCUT2D eigenvalue weighted by atomic mass is 32.2. The molecule has 2 nitrogen and oxygen atoms in total.